The average molecular weight is 470 g/mol. The lowest BCUT2D eigenvalue weighted by atomic mass is 9.86. The second-order valence-electron chi connectivity index (χ2n) is 6.45. The standard InChI is InChI=1S/C17H34N4OS.HI/c1-21(2)16(22)14-20-17(19-12-13-23-3)18-11-7-10-15-8-5-4-6-9-15;/h15H,4-14H2,1-3H3,(H2,18,19,20);1H. The van der Waals surface area contributed by atoms with E-state index in [2.05, 4.69) is 21.9 Å². The number of halogens is 1. The molecule has 0 aromatic rings. The molecule has 1 amide bonds. The van der Waals surface area contributed by atoms with E-state index < -0.39 is 0 Å². The summed E-state index contributed by atoms with van der Waals surface area (Å²) < 4.78 is 0. The van der Waals surface area contributed by atoms with Crippen LogP contribution in [0.2, 0.25) is 0 Å². The number of carbonyl (C=O) groups excluding carboxylic acids is 1. The number of amides is 1. The molecule has 142 valence electrons. The number of hydrogen-bond acceptors (Lipinski definition) is 3. The summed E-state index contributed by atoms with van der Waals surface area (Å²) in [5.41, 5.74) is 0. The minimum absolute atomic E-state index is 0. The van der Waals surface area contributed by atoms with Crippen molar-refractivity contribution >= 4 is 47.6 Å². The van der Waals surface area contributed by atoms with Gasteiger partial charge < -0.3 is 15.5 Å². The third kappa shape index (κ3) is 11.4. The van der Waals surface area contributed by atoms with E-state index in [1.165, 1.54) is 44.9 Å². The van der Waals surface area contributed by atoms with Gasteiger partial charge >= 0.3 is 0 Å². The molecule has 1 aliphatic carbocycles. The molecule has 0 heterocycles. The van der Waals surface area contributed by atoms with E-state index in [4.69, 9.17) is 0 Å². The minimum Gasteiger partial charge on any atom is -0.356 e. The number of rotatable bonds is 9. The molecule has 2 N–H and O–H groups in total. The maximum atomic E-state index is 11.7. The fourth-order valence-electron chi connectivity index (χ4n) is 2.81. The predicted molar refractivity (Wildman–Crippen MR) is 117 cm³/mol. The van der Waals surface area contributed by atoms with Gasteiger partial charge in [0, 0.05) is 32.9 Å². The van der Waals surface area contributed by atoms with Crippen LogP contribution in [0.5, 0.6) is 0 Å². The van der Waals surface area contributed by atoms with Crippen LogP contribution in [0.4, 0.5) is 0 Å². The van der Waals surface area contributed by atoms with Crippen molar-refractivity contribution < 1.29 is 4.79 Å². The number of carbonyl (C=O) groups is 1. The minimum atomic E-state index is 0. The number of guanidine groups is 1. The van der Waals surface area contributed by atoms with Gasteiger partial charge in [-0.1, -0.05) is 32.1 Å². The monoisotopic (exact) mass is 470 g/mol. The highest BCUT2D eigenvalue weighted by Gasteiger charge is 2.12. The van der Waals surface area contributed by atoms with Crippen LogP contribution in [0.1, 0.15) is 44.9 Å². The first-order valence-electron chi connectivity index (χ1n) is 8.84. The predicted octanol–water partition coefficient (Wildman–Crippen LogP) is 2.95. The lowest BCUT2D eigenvalue weighted by molar-refractivity contribution is -0.127. The van der Waals surface area contributed by atoms with Crippen LogP contribution in [0.25, 0.3) is 0 Å². The smallest absolute Gasteiger partial charge is 0.243 e. The molecule has 1 aliphatic rings. The molecule has 7 heteroatoms. The highest BCUT2D eigenvalue weighted by atomic mass is 127. The third-order valence-corrected chi connectivity index (χ3v) is 4.89. The Morgan fingerprint density at radius 2 is 1.83 bits per heavy atom. The van der Waals surface area contributed by atoms with Gasteiger partial charge in [-0.05, 0) is 25.0 Å². The first-order chi connectivity index (χ1) is 11.1. The van der Waals surface area contributed by atoms with Crippen molar-refractivity contribution in [1.29, 1.82) is 0 Å². The van der Waals surface area contributed by atoms with Crippen molar-refractivity contribution in [1.82, 2.24) is 15.5 Å². The molecule has 0 aromatic carbocycles. The number of hydrogen-bond donors (Lipinski definition) is 2. The molecule has 24 heavy (non-hydrogen) atoms. The molecule has 0 bridgehead atoms. The van der Waals surface area contributed by atoms with Crippen LogP contribution < -0.4 is 10.6 Å². The highest BCUT2D eigenvalue weighted by molar-refractivity contribution is 14.0. The fourth-order valence-corrected chi connectivity index (χ4v) is 3.11. The van der Waals surface area contributed by atoms with E-state index in [1.54, 1.807) is 30.8 Å². The van der Waals surface area contributed by atoms with E-state index in [9.17, 15) is 4.79 Å². The second kappa shape index (κ2) is 15.1. The van der Waals surface area contributed by atoms with Gasteiger partial charge in [0.2, 0.25) is 5.91 Å². The van der Waals surface area contributed by atoms with Gasteiger partial charge in [0.15, 0.2) is 5.96 Å². The molecular formula is C17H35IN4OS. The summed E-state index contributed by atoms with van der Waals surface area (Å²) >= 11 is 1.80. The van der Waals surface area contributed by atoms with Crippen LogP contribution >= 0.6 is 35.7 Å². The Balaban J connectivity index is 0.00000529. The van der Waals surface area contributed by atoms with Crippen molar-refractivity contribution in [3.8, 4) is 0 Å². The van der Waals surface area contributed by atoms with E-state index in [1.807, 2.05) is 0 Å². The van der Waals surface area contributed by atoms with Crippen LogP contribution in [-0.2, 0) is 4.79 Å². The molecule has 5 nitrogen and oxygen atoms in total. The Labute approximate surface area is 169 Å². The lowest BCUT2D eigenvalue weighted by Crippen LogP contribution is -2.40. The Morgan fingerprint density at radius 3 is 2.46 bits per heavy atom. The molecule has 0 aliphatic heterocycles. The quantitative estimate of drug-likeness (QED) is 0.236. The number of nitrogens with zero attached hydrogens (tertiary/aromatic N) is 2. The highest BCUT2D eigenvalue weighted by Crippen LogP contribution is 2.26. The largest absolute Gasteiger partial charge is 0.356 e. The molecule has 0 spiro atoms. The van der Waals surface area contributed by atoms with Gasteiger partial charge in [0.25, 0.3) is 0 Å². The zero-order valence-corrected chi connectivity index (χ0v) is 18.6. The average Bonchev–Trinajstić information content (AvgIpc) is 2.56. The zero-order valence-electron chi connectivity index (χ0n) is 15.5. The summed E-state index contributed by atoms with van der Waals surface area (Å²) in [6.45, 7) is 1.99. The van der Waals surface area contributed by atoms with Gasteiger partial charge in [-0.2, -0.15) is 11.8 Å². The molecule has 0 saturated heterocycles. The summed E-state index contributed by atoms with van der Waals surface area (Å²) in [4.78, 5) is 17.6. The Morgan fingerprint density at radius 1 is 1.17 bits per heavy atom. The van der Waals surface area contributed by atoms with Crippen molar-refractivity contribution in [3.05, 3.63) is 0 Å². The number of aliphatic imine (C=N–C) groups is 1. The molecule has 0 atom stereocenters. The maximum absolute atomic E-state index is 11.7. The van der Waals surface area contributed by atoms with Gasteiger partial charge in [0.1, 0.15) is 6.54 Å². The molecule has 1 fully saturated rings. The molecule has 0 unspecified atom stereocenters. The number of thioether (sulfide) groups is 1. The van der Waals surface area contributed by atoms with Crippen molar-refractivity contribution in [2.24, 2.45) is 10.9 Å². The SMILES string of the molecule is CSCCNC(=NCC(=O)N(C)C)NCCCC1CCCCC1.I. The maximum Gasteiger partial charge on any atom is 0.243 e. The lowest BCUT2D eigenvalue weighted by Gasteiger charge is -2.21. The zero-order chi connectivity index (χ0) is 16.9. The normalized spacial score (nSPS) is 15.5. The van der Waals surface area contributed by atoms with Crippen molar-refractivity contribution in [3.63, 3.8) is 0 Å². The molecule has 0 aromatic heterocycles. The van der Waals surface area contributed by atoms with Gasteiger partial charge in [-0.3, -0.25) is 4.79 Å². The summed E-state index contributed by atoms with van der Waals surface area (Å²) in [5, 5.41) is 6.67. The molecule has 0 radical (unpaired) electrons. The molecule has 1 saturated carbocycles. The Bertz CT molecular complexity index is 360. The van der Waals surface area contributed by atoms with Gasteiger partial charge in [-0.25, -0.2) is 4.99 Å². The summed E-state index contributed by atoms with van der Waals surface area (Å²) in [5.74, 6) is 2.74. The Hall–Kier alpha value is -0.180. The molecular weight excluding hydrogens is 435 g/mol. The second-order valence-corrected chi connectivity index (χ2v) is 7.43. The summed E-state index contributed by atoms with van der Waals surface area (Å²) in [6, 6.07) is 0. The Kier molecular flexibility index (Phi) is 15.0. The first-order valence-corrected chi connectivity index (χ1v) is 10.2. The summed E-state index contributed by atoms with van der Waals surface area (Å²) in [7, 11) is 3.52. The first kappa shape index (κ1) is 23.8. The van der Waals surface area contributed by atoms with E-state index >= 15 is 0 Å². The number of nitrogens with one attached hydrogen (secondary N) is 2. The van der Waals surface area contributed by atoms with Crippen molar-refractivity contribution in [2.45, 2.75) is 44.9 Å². The van der Waals surface area contributed by atoms with Crippen LogP contribution in [-0.4, -0.2) is 62.5 Å². The van der Waals surface area contributed by atoms with E-state index in [0.29, 0.717) is 0 Å². The van der Waals surface area contributed by atoms with Crippen LogP contribution in [0.3, 0.4) is 0 Å². The fraction of sp³-hybridized carbons (Fsp3) is 0.882. The third-order valence-electron chi connectivity index (χ3n) is 4.28. The van der Waals surface area contributed by atoms with Crippen LogP contribution in [0.15, 0.2) is 4.99 Å². The molecule has 1 rings (SSSR count). The topological polar surface area (TPSA) is 56.7 Å². The van der Waals surface area contributed by atoms with Crippen molar-refractivity contribution in [2.75, 3.05) is 45.7 Å². The van der Waals surface area contributed by atoms with E-state index in [-0.39, 0.29) is 36.4 Å². The van der Waals surface area contributed by atoms with Gasteiger partial charge in [-0.15, -0.1) is 24.0 Å². The number of likely N-dealkylation sites (N-methyl/N-ethyl adjacent to an activating group) is 1. The van der Waals surface area contributed by atoms with Crippen LogP contribution in [0, 0.1) is 5.92 Å². The van der Waals surface area contributed by atoms with Gasteiger partial charge in [0.05, 0.1) is 0 Å². The summed E-state index contributed by atoms with van der Waals surface area (Å²) in [6.07, 6.45) is 11.6. The van der Waals surface area contributed by atoms with E-state index in [0.717, 1.165) is 30.7 Å².